The topological polar surface area (TPSA) is 62.2 Å². The number of aromatic carboxylic acids is 1. The lowest BCUT2D eigenvalue weighted by molar-refractivity contribution is 0.0701. The molecule has 156 valence electrons. The van der Waals surface area contributed by atoms with Gasteiger partial charge in [-0.15, -0.1) is 11.3 Å². The van der Waals surface area contributed by atoms with Crippen LogP contribution in [-0.4, -0.2) is 29.1 Å². The molecule has 2 aromatic rings. The molecule has 1 heterocycles. The highest BCUT2D eigenvalue weighted by molar-refractivity contribution is 7.13. The Kier molecular flexibility index (Phi) is 12.4. The zero-order valence-electron chi connectivity index (χ0n) is 16.8. The van der Waals surface area contributed by atoms with Gasteiger partial charge in [-0.3, -0.25) is 0 Å². The zero-order chi connectivity index (χ0) is 20.9. The van der Waals surface area contributed by atoms with Crippen LogP contribution in [0.4, 0.5) is 0 Å². The highest BCUT2D eigenvalue weighted by atomic mass is 35.5. The maximum Gasteiger partial charge on any atom is 0.347 e. The normalized spacial score (nSPS) is 11.6. The Bertz CT molecular complexity index is 701. The summed E-state index contributed by atoms with van der Waals surface area (Å²) < 4.78 is 0. The van der Waals surface area contributed by atoms with E-state index in [1.807, 2.05) is 12.1 Å². The van der Waals surface area contributed by atoms with Crippen molar-refractivity contribution < 1.29 is 9.90 Å². The van der Waals surface area contributed by atoms with Gasteiger partial charge >= 0.3 is 5.97 Å². The summed E-state index contributed by atoms with van der Waals surface area (Å²) in [4.78, 5) is 15.9. The lowest BCUT2D eigenvalue weighted by Crippen LogP contribution is -2.25. The summed E-state index contributed by atoms with van der Waals surface area (Å²) in [5.74, 6) is -0.311. The molecule has 0 saturated carbocycles. The van der Waals surface area contributed by atoms with Crippen LogP contribution in [0.3, 0.4) is 0 Å². The van der Waals surface area contributed by atoms with Gasteiger partial charge in [0.2, 0.25) is 0 Å². The van der Waals surface area contributed by atoms with Crippen molar-refractivity contribution in [3.05, 3.63) is 49.9 Å². The predicted molar refractivity (Wildman–Crippen MR) is 120 cm³/mol. The Morgan fingerprint density at radius 1 is 1.21 bits per heavy atom. The molecule has 0 radical (unpaired) electrons. The molecule has 1 atom stereocenters. The van der Waals surface area contributed by atoms with Gasteiger partial charge in [0, 0.05) is 6.42 Å². The number of thiazole rings is 1. The molecule has 2 rings (SSSR count). The second-order valence-electron chi connectivity index (χ2n) is 6.66. The van der Waals surface area contributed by atoms with E-state index in [4.69, 9.17) is 28.3 Å². The summed E-state index contributed by atoms with van der Waals surface area (Å²) in [6.45, 7) is 8.18. The van der Waals surface area contributed by atoms with Crippen LogP contribution >= 0.6 is 34.5 Å². The Morgan fingerprint density at radius 2 is 1.86 bits per heavy atom. The lowest BCUT2D eigenvalue weighted by atomic mass is 9.98. The van der Waals surface area contributed by atoms with Crippen LogP contribution in [0.5, 0.6) is 0 Å². The summed E-state index contributed by atoms with van der Waals surface area (Å²) in [6.07, 6.45) is 5.61. The first kappa shape index (κ1) is 24.9. The second-order valence-corrected chi connectivity index (χ2v) is 8.56. The van der Waals surface area contributed by atoms with Gasteiger partial charge in [0.05, 0.1) is 20.7 Å². The van der Waals surface area contributed by atoms with Crippen molar-refractivity contribution in [3.8, 4) is 0 Å². The zero-order valence-corrected chi connectivity index (χ0v) is 19.1. The SMILES string of the molecule is CCCCC(CNCCC)Cc1nc(C)c(C(=O)O)s1.Clc1ccccc1Cl. The Hall–Kier alpha value is -1.14. The first-order valence-corrected chi connectivity index (χ1v) is 11.3. The van der Waals surface area contributed by atoms with Crippen molar-refractivity contribution in [2.24, 2.45) is 5.92 Å². The van der Waals surface area contributed by atoms with Gasteiger partial charge in [-0.25, -0.2) is 9.78 Å². The average molecular weight is 445 g/mol. The van der Waals surface area contributed by atoms with Crippen molar-refractivity contribution in [1.29, 1.82) is 0 Å². The summed E-state index contributed by atoms with van der Waals surface area (Å²) in [7, 11) is 0. The van der Waals surface area contributed by atoms with E-state index in [1.165, 1.54) is 30.6 Å². The van der Waals surface area contributed by atoms with Crippen molar-refractivity contribution in [2.75, 3.05) is 13.1 Å². The van der Waals surface area contributed by atoms with Crippen LogP contribution in [0.1, 0.15) is 59.9 Å². The summed E-state index contributed by atoms with van der Waals surface area (Å²) >= 11 is 12.5. The Labute approximate surface area is 182 Å². The lowest BCUT2D eigenvalue weighted by Gasteiger charge is -2.16. The number of unbranched alkanes of at least 4 members (excludes halogenated alkanes) is 1. The molecule has 0 aliphatic heterocycles. The highest BCUT2D eigenvalue weighted by Gasteiger charge is 2.17. The van der Waals surface area contributed by atoms with Gasteiger partial charge < -0.3 is 10.4 Å². The number of hydrogen-bond acceptors (Lipinski definition) is 4. The summed E-state index contributed by atoms with van der Waals surface area (Å²) in [5, 5.41) is 14.7. The largest absolute Gasteiger partial charge is 0.477 e. The molecular formula is C21H30Cl2N2O2S. The average Bonchev–Trinajstić information content (AvgIpc) is 3.03. The van der Waals surface area contributed by atoms with E-state index >= 15 is 0 Å². The van der Waals surface area contributed by atoms with E-state index in [1.54, 1.807) is 19.1 Å². The molecular weight excluding hydrogens is 415 g/mol. The van der Waals surface area contributed by atoms with Crippen molar-refractivity contribution >= 4 is 40.5 Å². The standard InChI is InChI=1S/C15H26N2O2S.C6H4Cl2/c1-4-6-7-12(10-16-8-5-2)9-13-17-11(3)14(20-13)15(18)19;7-5-3-1-2-4-6(5)8/h12,16H,4-10H2,1-3H3,(H,18,19);1-4H. The molecule has 0 aliphatic carbocycles. The first-order valence-electron chi connectivity index (χ1n) is 9.69. The highest BCUT2D eigenvalue weighted by Crippen LogP contribution is 2.23. The molecule has 7 heteroatoms. The Morgan fingerprint density at radius 3 is 2.32 bits per heavy atom. The minimum Gasteiger partial charge on any atom is -0.477 e. The first-order chi connectivity index (χ1) is 13.4. The van der Waals surface area contributed by atoms with Crippen LogP contribution in [-0.2, 0) is 6.42 Å². The van der Waals surface area contributed by atoms with Crippen LogP contribution in [0.2, 0.25) is 10.0 Å². The van der Waals surface area contributed by atoms with E-state index in [2.05, 4.69) is 24.1 Å². The third kappa shape index (κ3) is 9.37. The quantitative estimate of drug-likeness (QED) is 0.410. The third-order valence-electron chi connectivity index (χ3n) is 4.15. The van der Waals surface area contributed by atoms with Gasteiger partial charge in [-0.05, 0) is 50.9 Å². The van der Waals surface area contributed by atoms with Gasteiger partial charge in [0.15, 0.2) is 0 Å². The van der Waals surface area contributed by atoms with Crippen LogP contribution in [0.15, 0.2) is 24.3 Å². The van der Waals surface area contributed by atoms with Gasteiger partial charge in [-0.1, -0.05) is 62.0 Å². The summed E-state index contributed by atoms with van der Waals surface area (Å²) in [5.41, 5.74) is 0.647. The molecule has 2 N–H and O–H groups in total. The molecule has 0 aliphatic rings. The number of carboxylic acid groups (broad SMARTS) is 1. The van der Waals surface area contributed by atoms with Crippen LogP contribution in [0.25, 0.3) is 0 Å². The van der Waals surface area contributed by atoms with Gasteiger partial charge in [-0.2, -0.15) is 0 Å². The minimum absolute atomic E-state index is 0.385. The number of nitrogens with zero attached hydrogens (tertiary/aromatic N) is 1. The van der Waals surface area contributed by atoms with E-state index in [-0.39, 0.29) is 0 Å². The molecule has 28 heavy (non-hydrogen) atoms. The fraction of sp³-hybridized carbons (Fsp3) is 0.524. The molecule has 1 aromatic carbocycles. The number of aromatic nitrogens is 1. The van der Waals surface area contributed by atoms with Crippen LogP contribution in [0, 0.1) is 12.8 Å². The summed E-state index contributed by atoms with van der Waals surface area (Å²) in [6, 6.07) is 7.19. The molecule has 0 saturated heterocycles. The number of nitrogens with one attached hydrogen (secondary N) is 1. The second kappa shape index (κ2) is 13.9. The molecule has 0 fully saturated rings. The number of carboxylic acids is 1. The molecule has 0 amide bonds. The van der Waals surface area contributed by atoms with E-state index in [9.17, 15) is 4.79 Å². The molecule has 0 spiro atoms. The van der Waals surface area contributed by atoms with Crippen molar-refractivity contribution in [3.63, 3.8) is 0 Å². The number of carbonyl (C=O) groups is 1. The molecule has 1 aromatic heterocycles. The maximum atomic E-state index is 11.1. The van der Waals surface area contributed by atoms with Gasteiger partial charge in [0.1, 0.15) is 4.88 Å². The van der Waals surface area contributed by atoms with Crippen molar-refractivity contribution in [1.82, 2.24) is 10.3 Å². The van der Waals surface area contributed by atoms with E-state index < -0.39 is 5.97 Å². The monoisotopic (exact) mass is 444 g/mol. The number of aryl methyl sites for hydroxylation is 1. The molecule has 4 nitrogen and oxygen atoms in total. The maximum absolute atomic E-state index is 11.1. The third-order valence-corrected chi connectivity index (χ3v) is 6.07. The minimum atomic E-state index is -0.861. The number of rotatable bonds is 10. The number of hydrogen-bond donors (Lipinski definition) is 2. The fourth-order valence-electron chi connectivity index (χ4n) is 2.68. The van der Waals surface area contributed by atoms with E-state index in [0.717, 1.165) is 30.9 Å². The van der Waals surface area contributed by atoms with E-state index in [0.29, 0.717) is 26.5 Å². The number of halogens is 2. The number of benzene rings is 1. The Balaban J connectivity index is 0.000000406. The predicted octanol–water partition coefficient (Wildman–Crippen LogP) is 6.49. The fourth-order valence-corrected chi connectivity index (χ4v) is 3.97. The van der Waals surface area contributed by atoms with Crippen molar-refractivity contribution in [2.45, 2.75) is 52.9 Å². The molecule has 1 unspecified atom stereocenters. The molecule has 0 bridgehead atoms. The smallest absolute Gasteiger partial charge is 0.347 e. The van der Waals surface area contributed by atoms with Gasteiger partial charge in [0.25, 0.3) is 0 Å². The van der Waals surface area contributed by atoms with Crippen LogP contribution < -0.4 is 5.32 Å².